The van der Waals surface area contributed by atoms with E-state index in [9.17, 15) is 0 Å². The summed E-state index contributed by atoms with van der Waals surface area (Å²) in [6.07, 6.45) is 3.64. The first-order chi connectivity index (χ1) is 9.49. The largest absolute Gasteiger partial charge is 0.327 e. The van der Waals surface area contributed by atoms with Gasteiger partial charge < -0.3 is 4.57 Å². The van der Waals surface area contributed by atoms with Crippen LogP contribution in [0.25, 0.3) is 11.0 Å². The molecule has 20 heavy (non-hydrogen) atoms. The number of alkyl halides is 1. The maximum Gasteiger partial charge on any atom is 0.127 e. The minimum absolute atomic E-state index is 0.0914. The molecule has 0 spiro atoms. The molecule has 0 fully saturated rings. The third-order valence-electron chi connectivity index (χ3n) is 3.51. The Hall–Kier alpha value is -0.730. The fourth-order valence-corrected chi connectivity index (χ4v) is 2.81. The Morgan fingerprint density at radius 1 is 1.20 bits per heavy atom. The number of fused-ring (bicyclic) bond motifs is 1. The van der Waals surface area contributed by atoms with Crippen LogP contribution in [0, 0.1) is 5.92 Å². The van der Waals surface area contributed by atoms with Gasteiger partial charge in [-0.3, -0.25) is 0 Å². The highest BCUT2D eigenvalue weighted by molar-refractivity contribution is 6.31. The number of hydrogen-bond acceptors (Lipinski definition) is 1. The first-order valence-corrected chi connectivity index (χ1v) is 8.10. The molecule has 1 heterocycles. The molecular weight excluding hydrogens is 291 g/mol. The lowest BCUT2D eigenvalue weighted by atomic mass is 10.1. The molecule has 0 radical (unpaired) electrons. The molecule has 2 rings (SSSR count). The van der Waals surface area contributed by atoms with Crippen molar-refractivity contribution in [1.82, 2.24) is 9.55 Å². The van der Waals surface area contributed by atoms with Crippen LogP contribution in [0.3, 0.4) is 0 Å². The number of nitrogens with zero attached hydrogens (tertiary/aromatic N) is 2. The zero-order valence-corrected chi connectivity index (χ0v) is 13.9. The van der Waals surface area contributed by atoms with Crippen LogP contribution in [-0.4, -0.2) is 9.55 Å². The maximum absolute atomic E-state index is 6.27. The third-order valence-corrected chi connectivity index (χ3v) is 3.94. The van der Waals surface area contributed by atoms with Gasteiger partial charge in [-0.2, -0.15) is 0 Å². The van der Waals surface area contributed by atoms with E-state index >= 15 is 0 Å². The van der Waals surface area contributed by atoms with E-state index in [1.807, 2.05) is 25.1 Å². The summed E-state index contributed by atoms with van der Waals surface area (Å²) < 4.78 is 2.22. The molecule has 0 N–H and O–H groups in total. The number of benzene rings is 1. The summed E-state index contributed by atoms with van der Waals surface area (Å²) in [5.74, 6) is 1.70. The third kappa shape index (κ3) is 3.67. The van der Waals surface area contributed by atoms with Crippen LogP contribution >= 0.6 is 23.2 Å². The Bertz CT molecular complexity index is 573. The normalized spacial score (nSPS) is 13.3. The maximum atomic E-state index is 6.27. The van der Waals surface area contributed by atoms with E-state index in [-0.39, 0.29) is 5.38 Å². The Morgan fingerprint density at radius 3 is 2.60 bits per heavy atom. The number of hydrogen-bond donors (Lipinski definition) is 0. The van der Waals surface area contributed by atoms with Crippen molar-refractivity contribution in [1.29, 1.82) is 0 Å². The number of rotatable bonds is 6. The summed E-state index contributed by atoms with van der Waals surface area (Å²) in [7, 11) is 0. The average Bonchev–Trinajstić information content (AvgIpc) is 2.73. The average molecular weight is 313 g/mol. The fraction of sp³-hybridized carbons (Fsp3) is 0.562. The van der Waals surface area contributed by atoms with Gasteiger partial charge in [-0.25, -0.2) is 4.98 Å². The lowest BCUT2D eigenvalue weighted by Gasteiger charge is -2.11. The number of aromatic nitrogens is 2. The zero-order valence-electron chi connectivity index (χ0n) is 12.4. The van der Waals surface area contributed by atoms with Crippen molar-refractivity contribution in [2.24, 2.45) is 5.92 Å². The fourth-order valence-electron chi connectivity index (χ4n) is 2.48. The molecule has 0 amide bonds. The first-order valence-electron chi connectivity index (χ1n) is 7.28. The van der Waals surface area contributed by atoms with Crippen LogP contribution in [0.15, 0.2) is 18.2 Å². The molecular formula is C16H22Cl2N2. The van der Waals surface area contributed by atoms with Gasteiger partial charge in [-0.1, -0.05) is 38.3 Å². The molecule has 0 saturated carbocycles. The summed E-state index contributed by atoms with van der Waals surface area (Å²) >= 11 is 12.4. The van der Waals surface area contributed by atoms with E-state index in [1.165, 1.54) is 12.8 Å². The minimum atomic E-state index is -0.0914. The van der Waals surface area contributed by atoms with Crippen LogP contribution in [0.2, 0.25) is 5.02 Å². The van der Waals surface area contributed by atoms with Gasteiger partial charge in [0.05, 0.1) is 16.4 Å². The van der Waals surface area contributed by atoms with Crippen molar-refractivity contribution in [3.05, 3.63) is 29.0 Å². The van der Waals surface area contributed by atoms with E-state index in [4.69, 9.17) is 23.2 Å². The minimum Gasteiger partial charge on any atom is -0.327 e. The van der Waals surface area contributed by atoms with Crippen molar-refractivity contribution in [3.63, 3.8) is 0 Å². The molecule has 4 heteroatoms. The van der Waals surface area contributed by atoms with Gasteiger partial charge >= 0.3 is 0 Å². The Kier molecular flexibility index (Phi) is 5.34. The van der Waals surface area contributed by atoms with Crippen molar-refractivity contribution >= 4 is 34.2 Å². The molecule has 1 unspecified atom stereocenters. The summed E-state index contributed by atoms with van der Waals surface area (Å²) in [5, 5.41) is 0.654. The van der Waals surface area contributed by atoms with E-state index in [2.05, 4.69) is 23.4 Å². The van der Waals surface area contributed by atoms with Crippen molar-refractivity contribution in [2.75, 3.05) is 0 Å². The van der Waals surface area contributed by atoms with E-state index in [0.29, 0.717) is 0 Å². The predicted octanol–water partition coefficient (Wildman–Crippen LogP) is 5.82. The van der Waals surface area contributed by atoms with Gasteiger partial charge in [-0.05, 0) is 37.5 Å². The monoisotopic (exact) mass is 312 g/mol. The van der Waals surface area contributed by atoms with Gasteiger partial charge in [0.1, 0.15) is 5.82 Å². The zero-order chi connectivity index (χ0) is 14.7. The predicted molar refractivity (Wildman–Crippen MR) is 87.7 cm³/mol. The highest BCUT2D eigenvalue weighted by Gasteiger charge is 2.14. The quantitative estimate of drug-likeness (QED) is 0.485. The van der Waals surface area contributed by atoms with Gasteiger partial charge in [0, 0.05) is 11.6 Å². The molecule has 0 aliphatic carbocycles. The number of unbranched alkanes of at least 4 members (excludes halogenated alkanes) is 1. The van der Waals surface area contributed by atoms with Crippen LogP contribution in [0.4, 0.5) is 0 Å². The van der Waals surface area contributed by atoms with Gasteiger partial charge in [-0.15, -0.1) is 11.6 Å². The molecule has 0 saturated heterocycles. The molecule has 1 aromatic heterocycles. The van der Waals surface area contributed by atoms with E-state index in [0.717, 1.165) is 40.8 Å². The lowest BCUT2D eigenvalue weighted by molar-refractivity contribution is 0.507. The van der Waals surface area contributed by atoms with E-state index < -0.39 is 0 Å². The first kappa shape index (κ1) is 15.7. The van der Waals surface area contributed by atoms with Crippen LogP contribution in [0.5, 0.6) is 0 Å². The van der Waals surface area contributed by atoms with Crippen molar-refractivity contribution in [2.45, 2.75) is 52.0 Å². The number of imidazole rings is 1. The highest BCUT2D eigenvalue weighted by Crippen LogP contribution is 2.27. The second-order valence-electron chi connectivity index (χ2n) is 5.76. The summed E-state index contributed by atoms with van der Waals surface area (Å²) in [6, 6.07) is 5.82. The van der Waals surface area contributed by atoms with Crippen LogP contribution < -0.4 is 0 Å². The summed E-state index contributed by atoms with van der Waals surface area (Å²) in [4.78, 5) is 4.64. The Morgan fingerprint density at radius 2 is 1.95 bits per heavy atom. The molecule has 0 aliphatic rings. The lowest BCUT2D eigenvalue weighted by Crippen LogP contribution is -2.05. The Labute approximate surface area is 131 Å². The smallest absolute Gasteiger partial charge is 0.127 e. The highest BCUT2D eigenvalue weighted by atomic mass is 35.5. The number of aryl methyl sites for hydroxylation is 1. The Balaban J connectivity index is 2.24. The van der Waals surface area contributed by atoms with Crippen molar-refractivity contribution in [3.8, 4) is 0 Å². The van der Waals surface area contributed by atoms with E-state index in [1.54, 1.807) is 0 Å². The van der Waals surface area contributed by atoms with Gasteiger partial charge in [0.25, 0.3) is 0 Å². The second-order valence-corrected chi connectivity index (χ2v) is 6.85. The molecule has 2 aromatic rings. The van der Waals surface area contributed by atoms with Gasteiger partial charge in [0.15, 0.2) is 0 Å². The second kappa shape index (κ2) is 6.82. The summed E-state index contributed by atoms with van der Waals surface area (Å²) in [5.41, 5.74) is 2.06. The standard InChI is InChI=1S/C16H22Cl2N2/c1-11(2)6-4-5-9-20-15-10-13(18)7-8-14(15)19-16(20)12(3)17/h7-8,10-12H,4-6,9H2,1-3H3. The molecule has 1 atom stereocenters. The molecule has 110 valence electrons. The van der Waals surface area contributed by atoms with Crippen LogP contribution in [-0.2, 0) is 6.54 Å². The summed E-state index contributed by atoms with van der Waals surface area (Å²) in [6.45, 7) is 7.45. The van der Waals surface area contributed by atoms with Gasteiger partial charge in [0.2, 0.25) is 0 Å². The molecule has 1 aromatic carbocycles. The van der Waals surface area contributed by atoms with Crippen LogP contribution in [0.1, 0.15) is 51.2 Å². The molecule has 0 bridgehead atoms. The topological polar surface area (TPSA) is 17.8 Å². The van der Waals surface area contributed by atoms with Crippen molar-refractivity contribution < 1.29 is 0 Å². The molecule has 0 aliphatic heterocycles. The number of halogens is 2. The molecule has 2 nitrogen and oxygen atoms in total. The SMILES string of the molecule is CC(C)CCCCn1c(C(C)Cl)nc2ccc(Cl)cc21.